The van der Waals surface area contributed by atoms with Crippen molar-refractivity contribution < 1.29 is 13.9 Å². The molecular weight excluding hydrogens is 295 g/mol. The van der Waals surface area contributed by atoms with E-state index in [1.807, 2.05) is 6.92 Å². The molecule has 1 heterocycles. The van der Waals surface area contributed by atoms with Gasteiger partial charge in [-0.2, -0.15) is 5.10 Å². The minimum absolute atomic E-state index is 0.0483. The molecule has 0 radical (unpaired) electrons. The van der Waals surface area contributed by atoms with E-state index in [1.165, 1.54) is 25.3 Å². The molecule has 1 aromatic heterocycles. The predicted octanol–water partition coefficient (Wildman–Crippen LogP) is 3.44. The van der Waals surface area contributed by atoms with Crippen LogP contribution in [0.25, 0.3) is 0 Å². The Hall–Kier alpha value is -1.88. The van der Waals surface area contributed by atoms with Gasteiger partial charge in [-0.25, -0.2) is 4.39 Å². The number of aryl methyl sites for hydroxylation is 2. The maximum atomic E-state index is 13.4. The van der Waals surface area contributed by atoms with E-state index in [9.17, 15) is 9.18 Å². The van der Waals surface area contributed by atoms with Crippen LogP contribution in [0.3, 0.4) is 0 Å². The van der Waals surface area contributed by atoms with Gasteiger partial charge in [0, 0.05) is 12.1 Å². The molecule has 112 valence electrons. The van der Waals surface area contributed by atoms with Gasteiger partial charge in [0.05, 0.1) is 29.9 Å². The molecule has 0 saturated carbocycles. The number of Topliss-reactive ketones (excluding diaryl/α,β-unsaturated/α-hetero) is 1. The molecule has 6 heteroatoms. The van der Waals surface area contributed by atoms with Crippen LogP contribution in [0.1, 0.15) is 28.7 Å². The van der Waals surface area contributed by atoms with Crippen molar-refractivity contribution in [1.82, 2.24) is 9.78 Å². The second-order valence-corrected chi connectivity index (χ2v) is 4.99. The number of aromatic nitrogens is 2. The quantitative estimate of drug-likeness (QED) is 0.795. The topological polar surface area (TPSA) is 44.1 Å². The van der Waals surface area contributed by atoms with Crippen LogP contribution in [0.15, 0.2) is 18.2 Å². The molecule has 0 bridgehead atoms. The summed E-state index contributed by atoms with van der Waals surface area (Å²) >= 11 is 6.19. The standard InChI is InChI=1S/C15H16ClFN2O2/c1-4-19-12(15(16)9(2)18-19)8-13(20)10-5-6-11(17)14(7-10)21-3/h5-7H,4,8H2,1-3H3. The van der Waals surface area contributed by atoms with Crippen LogP contribution in [0.5, 0.6) is 5.75 Å². The normalized spacial score (nSPS) is 10.7. The van der Waals surface area contributed by atoms with E-state index in [-0.39, 0.29) is 18.0 Å². The first kappa shape index (κ1) is 15.5. The molecule has 0 N–H and O–H groups in total. The first-order valence-corrected chi connectivity index (χ1v) is 6.94. The molecule has 0 aliphatic heterocycles. The maximum absolute atomic E-state index is 13.4. The van der Waals surface area contributed by atoms with E-state index < -0.39 is 5.82 Å². The van der Waals surface area contributed by atoms with E-state index in [0.717, 1.165) is 0 Å². The lowest BCUT2D eigenvalue weighted by Gasteiger charge is -2.07. The molecule has 0 amide bonds. The molecule has 0 spiro atoms. The van der Waals surface area contributed by atoms with Crippen molar-refractivity contribution in [2.75, 3.05) is 7.11 Å². The number of rotatable bonds is 5. The second-order valence-electron chi connectivity index (χ2n) is 4.61. The molecule has 0 saturated heterocycles. The average Bonchev–Trinajstić information content (AvgIpc) is 2.75. The summed E-state index contributed by atoms with van der Waals surface area (Å²) in [6, 6.07) is 4.05. The predicted molar refractivity (Wildman–Crippen MR) is 78.6 cm³/mol. The van der Waals surface area contributed by atoms with Crippen LogP contribution in [0.2, 0.25) is 5.02 Å². The minimum atomic E-state index is -0.499. The van der Waals surface area contributed by atoms with Gasteiger partial charge in [-0.1, -0.05) is 11.6 Å². The fourth-order valence-corrected chi connectivity index (χ4v) is 2.33. The summed E-state index contributed by atoms with van der Waals surface area (Å²) in [5.41, 5.74) is 1.74. The Labute approximate surface area is 127 Å². The van der Waals surface area contributed by atoms with Gasteiger partial charge < -0.3 is 4.74 Å². The highest BCUT2D eigenvalue weighted by Crippen LogP contribution is 2.24. The first-order chi connectivity index (χ1) is 9.97. The molecule has 0 atom stereocenters. The summed E-state index contributed by atoms with van der Waals surface area (Å²) in [6.07, 6.45) is 0.113. The molecule has 0 aliphatic carbocycles. The lowest BCUT2D eigenvalue weighted by molar-refractivity contribution is 0.0990. The lowest BCUT2D eigenvalue weighted by Crippen LogP contribution is -2.10. The number of hydrogen-bond acceptors (Lipinski definition) is 3. The fraction of sp³-hybridized carbons (Fsp3) is 0.333. The number of halogens is 2. The third kappa shape index (κ3) is 3.08. The third-order valence-electron chi connectivity index (χ3n) is 3.25. The highest BCUT2D eigenvalue weighted by molar-refractivity contribution is 6.32. The minimum Gasteiger partial charge on any atom is -0.494 e. The molecule has 2 rings (SSSR count). The van der Waals surface area contributed by atoms with E-state index >= 15 is 0 Å². The zero-order valence-electron chi connectivity index (χ0n) is 12.1. The van der Waals surface area contributed by atoms with Gasteiger partial charge in [-0.3, -0.25) is 9.48 Å². The monoisotopic (exact) mass is 310 g/mol. The van der Waals surface area contributed by atoms with E-state index in [2.05, 4.69) is 5.10 Å². The largest absolute Gasteiger partial charge is 0.494 e. The Kier molecular flexibility index (Phi) is 4.63. The summed E-state index contributed by atoms with van der Waals surface area (Å²) in [4.78, 5) is 12.3. The van der Waals surface area contributed by atoms with Gasteiger partial charge in [-0.15, -0.1) is 0 Å². The van der Waals surface area contributed by atoms with Gasteiger partial charge in [0.15, 0.2) is 17.3 Å². The number of methoxy groups -OCH3 is 1. The summed E-state index contributed by atoms with van der Waals surface area (Å²) in [5, 5.41) is 4.77. The number of ketones is 1. The molecule has 0 unspecified atom stereocenters. The van der Waals surface area contributed by atoms with Crippen LogP contribution in [0, 0.1) is 12.7 Å². The van der Waals surface area contributed by atoms with E-state index in [1.54, 1.807) is 11.6 Å². The maximum Gasteiger partial charge on any atom is 0.168 e. The molecule has 21 heavy (non-hydrogen) atoms. The van der Waals surface area contributed by atoms with Gasteiger partial charge in [0.2, 0.25) is 0 Å². The fourth-order valence-electron chi connectivity index (χ4n) is 2.13. The number of ether oxygens (including phenoxy) is 1. The number of carbonyl (C=O) groups is 1. The number of hydrogen-bond donors (Lipinski definition) is 0. The Morgan fingerprint density at radius 3 is 2.81 bits per heavy atom. The lowest BCUT2D eigenvalue weighted by atomic mass is 10.1. The zero-order chi connectivity index (χ0) is 15.6. The molecule has 0 aliphatic rings. The van der Waals surface area contributed by atoms with Crippen LogP contribution in [-0.4, -0.2) is 22.7 Å². The number of nitrogens with zero attached hydrogens (tertiary/aromatic N) is 2. The van der Waals surface area contributed by atoms with Crippen molar-refractivity contribution in [1.29, 1.82) is 0 Å². The molecule has 4 nitrogen and oxygen atoms in total. The first-order valence-electron chi connectivity index (χ1n) is 6.56. The molecule has 0 fully saturated rings. The number of carbonyl (C=O) groups excluding carboxylic acids is 1. The molecule has 2 aromatic rings. The summed E-state index contributed by atoms with van der Waals surface area (Å²) in [5.74, 6) is -0.613. The van der Waals surface area contributed by atoms with Gasteiger partial charge in [-0.05, 0) is 32.0 Å². The highest BCUT2D eigenvalue weighted by atomic mass is 35.5. The van der Waals surface area contributed by atoms with E-state index in [4.69, 9.17) is 16.3 Å². The van der Waals surface area contributed by atoms with Gasteiger partial charge in [0.1, 0.15) is 0 Å². The van der Waals surface area contributed by atoms with Crippen LogP contribution in [-0.2, 0) is 13.0 Å². The smallest absolute Gasteiger partial charge is 0.168 e. The average molecular weight is 311 g/mol. The molecular formula is C15H16ClFN2O2. The second kappa shape index (κ2) is 6.26. The highest BCUT2D eigenvalue weighted by Gasteiger charge is 2.18. The summed E-state index contributed by atoms with van der Waals surface area (Å²) < 4.78 is 20.0. The van der Waals surface area contributed by atoms with Crippen molar-refractivity contribution in [3.05, 3.63) is 46.0 Å². The Bertz CT molecular complexity index is 683. The molecule has 1 aromatic carbocycles. The van der Waals surface area contributed by atoms with Gasteiger partial charge >= 0.3 is 0 Å². The van der Waals surface area contributed by atoms with Crippen LogP contribution in [0.4, 0.5) is 4.39 Å². The van der Waals surface area contributed by atoms with Crippen molar-refractivity contribution >= 4 is 17.4 Å². The van der Waals surface area contributed by atoms with Crippen molar-refractivity contribution in [3.8, 4) is 5.75 Å². The van der Waals surface area contributed by atoms with Crippen LogP contribution < -0.4 is 4.74 Å². The Morgan fingerprint density at radius 1 is 1.48 bits per heavy atom. The van der Waals surface area contributed by atoms with Crippen molar-refractivity contribution in [2.24, 2.45) is 0 Å². The van der Waals surface area contributed by atoms with E-state index in [0.29, 0.717) is 28.5 Å². The Morgan fingerprint density at radius 2 is 2.19 bits per heavy atom. The zero-order valence-corrected chi connectivity index (χ0v) is 12.9. The van der Waals surface area contributed by atoms with Crippen molar-refractivity contribution in [2.45, 2.75) is 26.8 Å². The Balaban J connectivity index is 2.30. The third-order valence-corrected chi connectivity index (χ3v) is 3.75. The SMILES string of the molecule is CCn1nc(C)c(Cl)c1CC(=O)c1ccc(F)c(OC)c1. The van der Waals surface area contributed by atoms with Crippen molar-refractivity contribution in [3.63, 3.8) is 0 Å². The van der Waals surface area contributed by atoms with Gasteiger partial charge in [0.25, 0.3) is 0 Å². The number of benzene rings is 1. The summed E-state index contributed by atoms with van der Waals surface area (Å²) in [7, 11) is 1.36. The van der Waals surface area contributed by atoms with Crippen LogP contribution >= 0.6 is 11.6 Å². The summed E-state index contributed by atoms with van der Waals surface area (Å²) in [6.45, 7) is 4.35.